The lowest BCUT2D eigenvalue weighted by Crippen LogP contribution is -2.56. The van der Waals surface area contributed by atoms with Gasteiger partial charge in [-0.1, -0.05) is 34.8 Å². The second-order valence-corrected chi connectivity index (χ2v) is 9.46. The van der Waals surface area contributed by atoms with Gasteiger partial charge in [0.25, 0.3) is 5.91 Å². The number of furan rings is 1. The summed E-state index contributed by atoms with van der Waals surface area (Å²) in [6.45, 7) is 0. The van der Waals surface area contributed by atoms with Crippen molar-refractivity contribution in [2.75, 3.05) is 5.32 Å². The summed E-state index contributed by atoms with van der Waals surface area (Å²) in [5, 5.41) is 8.41. The van der Waals surface area contributed by atoms with Crippen LogP contribution in [0.4, 0.5) is 5.69 Å². The molecule has 0 radical (unpaired) electrons. The van der Waals surface area contributed by atoms with E-state index in [1.807, 2.05) is 24.3 Å². The van der Waals surface area contributed by atoms with Crippen LogP contribution in [0.5, 0.6) is 0 Å². The Hall–Kier alpha value is -0.260. The van der Waals surface area contributed by atoms with Gasteiger partial charge >= 0.3 is 0 Å². The molecule has 1 aromatic heterocycles. The molecule has 1 atom stereocenters. The van der Waals surface area contributed by atoms with Crippen molar-refractivity contribution in [2.24, 2.45) is 0 Å². The molecule has 0 spiro atoms. The highest BCUT2D eigenvalue weighted by atomic mass is 127. The fraction of sp³-hybridized carbons (Fsp3) is 0.143. The third kappa shape index (κ3) is 6.76. The van der Waals surface area contributed by atoms with Gasteiger partial charge < -0.3 is 20.4 Å². The van der Waals surface area contributed by atoms with E-state index in [0.717, 1.165) is 9.26 Å². The average Bonchev–Trinajstić information content (AvgIpc) is 2.94. The van der Waals surface area contributed by atoms with Gasteiger partial charge in [-0.05, 0) is 87.1 Å². The fourth-order valence-corrected chi connectivity index (χ4v) is 2.90. The maximum absolute atomic E-state index is 12.2. The summed E-state index contributed by atoms with van der Waals surface area (Å²) in [4.78, 5) is 12.2. The number of carbonyl (C=O) groups excluding carboxylic acids is 1. The average molecular weight is 597 g/mol. The summed E-state index contributed by atoms with van der Waals surface area (Å²) < 4.78 is 4.81. The second-order valence-electron chi connectivity index (χ2n) is 4.66. The van der Waals surface area contributed by atoms with Crippen LogP contribution in [-0.4, -0.2) is 21.0 Å². The summed E-state index contributed by atoms with van der Waals surface area (Å²) in [6.07, 6.45) is -1.09. The first-order chi connectivity index (χ1) is 11.6. The van der Waals surface area contributed by atoms with Crippen LogP contribution in [-0.2, 0) is 0 Å². The van der Waals surface area contributed by atoms with Crippen molar-refractivity contribution in [1.82, 2.24) is 10.6 Å². The quantitative estimate of drug-likeness (QED) is 0.199. The monoisotopic (exact) mass is 595 g/mol. The van der Waals surface area contributed by atoms with E-state index >= 15 is 0 Å². The minimum absolute atomic E-state index is 0.0597. The number of halogens is 5. The van der Waals surface area contributed by atoms with Crippen molar-refractivity contribution >= 4 is 102 Å². The summed E-state index contributed by atoms with van der Waals surface area (Å²) in [7, 11) is 0. The molecule has 0 aliphatic rings. The molecule has 11 heteroatoms. The molecule has 3 N–H and O–H groups in total. The minimum atomic E-state index is -1.85. The SMILES string of the molecule is O=C(NC(NC(=S)Nc1ccc(I)cc1)C(Cl)(Cl)Cl)c1ccc(Br)o1. The molecule has 0 aliphatic heterocycles. The highest BCUT2D eigenvalue weighted by molar-refractivity contribution is 14.1. The zero-order chi connectivity index (χ0) is 18.6. The fourth-order valence-electron chi connectivity index (χ4n) is 1.67. The Balaban J connectivity index is 2.03. The molecular formula is C14H10BrCl3IN3O2S. The Labute approximate surface area is 186 Å². The third-order valence-electron chi connectivity index (χ3n) is 2.78. The molecule has 1 amide bonds. The molecular weight excluding hydrogens is 587 g/mol. The van der Waals surface area contributed by atoms with Gasteiger partial charge in [0.15, 0.2) is 15.5 Å². The standard InChI is InChI=1S/C14H10BrCl3IN3O2S/c15-10-6-5-9(24-10)11(23)21-12(14(16,17)18)22-13(25)20-8-3-1-7(19)2-4-8/h1-6,12H,(H,21,23)(H2,20,22,25). The van der Waals surface area contributed by atoms with Crippen molar-refractivity contribution in [2.45, 2.75) is 9.96 Å². The Morgan fingerprint density at radius 3 is 2.32 bits per heavy atom. The van der Waals surface area contributed by atoms with Crippen LogP contribution in [0.2, 0.25) is 0 Å². The van der Waals surface area contributed by atoms with Crippen molar-refractivity contribution in [3.63, 3.8) is 0 Å². The number of amides is 1. The molecule has 0 aliphatic carbocycles. The molecule has 25 heavy (non-hydrogen) atoms. The molecule has 1 heterocycles. The largest absolute Gasteiger partial charge is 0.444 e. The number of benzene rings is 1. The number of carbonyl (C=O) groups is 1. The van der Waals surface area contributed by atoms with Gasteiger partial charge in [-0.15, -0.1) is 0 Å². The molecule has 1 aromatic carbocycles. The van der Waals surface area contributed by atoms with Crippen LogP contribution in [0.3, 0.4) is 0 Å². The van der Waals surface area contributed by atoms with Crippen molar-refractivity contribution in [1.29, 1.82) is 0 Å². The summed E-state index contributed by atoms with van der Waals surface area (Å²) >= 11 is 28.3. The Morgan fingerprint density at radius 2 is 1.80 bits per heavy atom. The molecule has 2 aromatic rings. The lowest BCUT2D eigenvalue weighted by Gasteiger charge is -2.27. The molecule has 0 saturated heterocycles. The highest BCUT2D eigenvalue weighted by Crippen LogP contribution is 2.29. The van der Waals surface area contributed by atoms with Gasteiger partial charge in [0.2, 0.25) is 3.79 Å². The van der Waals surface area contributed by atoms with Crippen molar-refractivity contribution < 1.29 is 9.21 Å². The minimum Gasteiger partial charge on any atom is -0.444 e. The number of alkyl halides is 3. The number of anilines is 1. The number of rotatable bonds is 4. The molecule has 0 saturated carbocycles. The van der Waals surface area contributed by atoms with Crippen LogP contribution < -0.4 is 16.0 Å². The Bertz CT molecular complexity index is 767. The molecule has 0 bridgehead atoms. The first-order valence-corrected chi connectivity index (χ1v) is 10.0. The first kappa shape index (κ1) is 21.0. The molecule has 2 rings (SSSR count). The van der Waals surface area contributed by atoms with Gasteiger partial charge in [0, 0.05) is 9.26 Å². The lowest BCUT2D eigenvalue weighted by atomic mass is 10.3. The van der Waals surface area contributed by atoms with Crippen LogP contribution >= 0.6 is 85.5 Å². The van der Waals surface area contributed by atoms with Gasteiger partial charge in [0.05, 0.1) is 0 Å². The smallest absolute Gasteiger partial charge is 0.288 e. The number of nitrogens with one attached hydrogen (secondary N) is 3. The molecule has 1 unspecified atom stereocenters. The van der Waals surface area contributed by atoms with Crippen LogP contribution in [0.15, 0.2) is 45.5 Å². The van der Waals surface area contributed by atoms with E-state index in [1.54, 1.807) is 6.07 Å². The maximum atomic E-state index is 12.2. The highest BCUT2D eigenvalue weighted by Gasteiger charge is 2.35. The summed E-state index contributed by atoms with van der Waals surface area (Å²) in [5.74, 6) is -0.504. The topological polar surface area (TPSA) is 66.3 Å². The Morgan fingerprint density at radius 1 is 1.16 bits per heavy atom. The maximum Gasteiger partial charge on any atom is 0.288 e. The van der Waals surface area contributed by atoms with E-state index in [9.17, 15) is 4.79 Å². The number of hydrogen-bond donors (Lipinski definition) is 3. The third-order valence-corrected chi connectivity index (χ3v) is 4.80. The normalized spacial score (nSPS) is 12.4. The van der Waals surface area contributed by atoms with E-state index in [-0.39, 0.29) is 10.9 Å². The van der Waals surface area contributed by atoms with Gasteiger partial charge in [0.1, 0.15) is 6.17 Å². The Kier molecular flexibility index (Phi) is 7.66. The van der Waals surface area contributed by atoms with Crippen LogP contribution in [0, 0.1) is 3.57 Å². The van der Waals surface area contributed by atoms with E-state index in [4.69, 9.17) is 51.4 Å². The molecule has 0 fully saturated rings. The van der Waals surface area contributed by atoms with E-state index in [0.29, 0.717) is 4.67 Å². The predicted molar refractivity (Wildman–Crippen MR) is 116 cm³/mol. The number of thiocarbonyl (C=S) groups is 1. The van der Waals surface area contributed by atoms with Gasteiger partial charge in [-0.25, -0.2) is 0 Å². The number of hydrogen-bond acceptors (Lipinski definition) is 3. The van der Waals surface area contributed by atoms with Gasteiger partial charge in [-0.2, -0.15) is 0 Å². The van der Waals surface area contributed by atoms with Crippen molar-refractivity contribution in [3.05, 3.63) is 50.4 Å². The van der Waals surface area contributed by atoms with E-state index in [2.05, 4.69) is 54.5 Å². The van der Waals surface area contributed by atoms with Crippen molar-refractivity contribution in [3.8, 4) is 0 Å². The van der Waals surface area contributed by atoms with Crippen LogP contribution in [0.1, 0.15) is 10.6 Å². The van der Waals surface area contributed by atoms with Crippen LogP contribution in [0.25, 0.3) is 0 Å². The molecule has 134 valence electrons. The zero-order valence-electron chi connectivity index (χ0n) is 12.2. The summed E-state index contributed by atoms with van der Waals surface area (Å²) in [5.41, 5.74) is 0.752. The summed E-state index contributed by atoms with van der Waals surface area (Å²) in [6, 6.07) is 10.6. The second kappa shape index (κ2) is 9.09. The first-order valence-electron chi connectivity index (χ1n) is 6.61. The predicted octanol–water partition coefficient (Wildman–Crippen LogP) is 5.06. The van der Waals surface area contributed by atoms with Gasteiger partial charge in [-0.3, -0.25) is 4.79 Å². The van der Waals surface area contributed by atoms with E-state index in [1.165, 1.54) is 6.07 Å². The van der Waals surface area contributed by atoms with E-state index < -0.39 is 15.9 Å². The zero-order valence-corrected chi connectivity index (χ0v) is 19.0. The molecule has 5 nitrogen and oxygen atoms in total. The lowest BCUT2D eigenvalue weighted by molar-refractivity contribution is 0.0905.